The lowest BCUT2D eigenvalue weighted by Crippen LogP contribution is -2.17. The van der Waals surface area contributed by atoms with Gasteiger partial charge >= 0.3 is 6.18 Å². The molecule has 0 atom stereocenters. The van der Waals surface area contributed by atoms with Gasteiger partial charge in [0.2, 0.25) is 0 Å². The summed E-state index contributed by atoms with van der Waals surface area (Å²) < 4.78 is 41.6. The normalized spacial score (nSPS) is 11.4. The van der Waals surface area contributed by atoms with Crippen LogP contribution in [0.15, 0.2) is 65.4 Å². The maximum Gasteiger partial charge on any atom is 0.418 e. The molecule has 7 heteroatoms. The summed E-state index contributed by atoms with van der Waals surface area (Å²) in [4.78, 5) is 12.5. The van der Waals surface area contributed by atoms with Crippen LogP contribution in [0.3, 0.4) is 0 Å². The summed E-state index contributed by atoms with van der Waals surface area (Å²) in [6, 6.07) is 14.4. The van der Waals surface area contributed by atoms with Crippen LogP contribution in [0.4, 0.5) is 18.9 Å². The van der Waals surface area contributed by atoms with Crippen molar-refractivity contribution in [3.63, 3.8) is 0 Å². The average molecular weight is 423 g/mol. The number of rotatable bonds is 3. The Balaban J connectivity index is 1.96. The van der Waals surface area contributed by atoms with Crippen LogP contribution in [-0.4, -0.2) is 10.5 Å². The van der Waals surface area contributed by atoms with Gasteiger partial charge in [-0.3, -0.25) is 4.79 Å². The van der Waals surface area contributed by atoms with Crippen molar-refractivity contribution in [2.24, 2.45) is 7.05 Å². The van der Waals surface area contributed by atoms with Crippen molar-refractivity contribution in [3.05, 3.63) is 76.5 Å². The zero-order valence-electron chi connectivity index (χ0n) is 13.6. The second-order valence-electron chi connectivity index (χ2n) is 5.76. The minimum atomic E-state index is -4.60. The lowest BCUT2D eigenvalue weighted by molar-refractivity contribution is -0.137. The summed E-state index contributed by atoms with van der Waals surface area (Å²) in [7, 11) is 1.45. The average Bonchev–Trinajstić information content (AvgIpc) is 2.99. The molecule has 0 aliphatic rings. The number of halogens is 4. The summed E-state index contributed by atoms with van der Waals surface area (Å²) in [5.41, 5.74) is 0.632. The number of benzene rings is 2. The maximum absolute atomic E-state index is 13.1. The fourth-order valence-electron chi connectivity index (χ4n) is 2.65. The van der Waals surface area contributed by atoms with Crippen molar-refractivity contribution in [2.45, 2.75) is 6.18 Å². The van der Waals surface area contributed by atoms with E-state index in [4.69, 9.17) is 0 Å². The van der Waals surface area contributed by atoms with Gasteiger partial charge in [-0.25, -0.2) is 0 Å². The molecule has 0 saturated carbocycles. The number of hydrogen-bond donors (Lipinski definition) is 1. The minimum Gasteiger partial charge on any atom is -0.356 e. The van der Waals surface area contributed by atoms with Gasteiger partial charge < -0.3 is 9.88 Å². The quantitative estimate of drug-likeness (QED) is 0.574. The fraction of sp³-hybridized carbons (Fsp3) is 0.105. The molecule has 26 heavy (non-hydrogen) atoms. The molecule has 0 aliphatic heterocycles. The first-order chi connectivity index (χ1) is 12.3. The van der Waals surface area contributed by atoms with Crippen LogP contribution in [0, 0.1) is 0 Å². The van der Waals surface area contributed by atoms with E-state index in [1.54, 1.807) is 24.3 Å². The van der Waals surface area contributed by atoms with Gasteiger partial charge in [0.25, 0.3) is 5.91 Å². The second-order valence-corrected chi connectivity index (χ2v) is 6.67. The van der Waals surface area contributed by atoms with Crippen LogP contribution in [-0.2, 0) is 13.2 Å². The number of hydrogen-bond acceptors (Lipinski definition) is 1. The largest absolute Gasteiger partial charge is 0.418 e. The van der Waals surface area contributed by atoms with Crippen LogP contribution >= 0.6 is 15.9 Å². The van der Waals surface area contributed by atoms with Crippen LogP contribution < -0.4 is 5.32 Å². The Kier molecular flexibility index (Phi) is 4.91. The first kappa shape index (κ1) is 18.3. The van der Waals surface area contributed by atoms with Crippen LogP contribution in [0.5, 0.6) is 0 Å². The lowest BCUT2D eigenvalue weighted by Gasteiger charge is -2.12. The predicted molar refractivity (Wildman–Crippen MR) is 97.9 cm³/mol. The number of aryl methyl sites for hydroxylation is 1. The van der Waals surface area contributed by atoms with Crippen molar-refractivity contribution >= 4 is 27.5 Å². The first-order valence-corrected chi connectivity index (χ1v) is 8.44. The van der Waals surface area contributed by atoms with Gasteiger partial charge in [0.1, 0.15) is 0 Å². The Morgan fingerprint density at radius 3 is 2.35 bits per heavy atom. The summed E-state index contributed by atoms with van der Waals surface area (Å²) in [6.45, 7) is 0. The summed E-state index contributed by atoms with van der Waals surface area (Å²) in [6.07, 6.45) is -2.53. The molecule has 3 nitrogen and oxygen atoms in total. The number of nitrogens with zero attached hydrogens (tertiary/aromatic N) is 1. The molecule has 1 aromatic heterocycles. The van der Waals surface area contributed by atoms with Gasteiger partial charge in [0.05, 0.1) is 11.1 Å². The molecule has 3 aromatic rings. The fourth-order valence-corrected chi connectivity index (χ4v) is 2.92. The van der Waals surface area contributed by atoms with E-state index in [0.717, 1.165) is 21.8 Å². The van der Waals surface area contributed by atoms with E-state index >= 15 is 0 Å². The minimum absolute atomic E-state index is 0.411. The number of alkyl halides is 3. The van der Waals surface area contributed by atoms with Crippen LogP contribution in [0.2, 0.25) is 0 Å². The van der Waals surface area contributed by atoms with Crippen molar-refractivity contribution in [2.75, 3.05) is 5.32 Å². The number of para-hydroxylation sites is 1. The van der Waals surface area contributed by atoms with E-state index in [0.29, 0.717) is 5.69 Å². The molecule has 1 amide bonds. The zero-order chi connectivity index (χ0) is 18.9. The monoisotopic (exact) mass is 422 g/mol. The van der Waals surface area contributed by atoms with E-state index in [9.17, 15) is 18.0 Å². The first-order valence-electron chi connectivity index (χ1n) is 7.65. The van der Waals surface area contributed by atoms with E-state index in [-0.39, 0.29) is 0 Å². The third kappa shape index (κ3) is 3.83. The highest BCUT2D eigenvalue weighted by atomic mass is 79.9. The highest BCUT2D eigenvalue weighted by Gasteiger charge is 2.36. The van der Waals surface area contributed by atoms with E-state index < -0.39 is 23.2 Å². The molecule has 1 N–H and O–H groups in total. The van der Waals surface area contributed by atoms with Gasteiger partial charge in [0, 0.05) is 35.2 Å². The Morgan fingerprint density at radius 1 is 1.04 bits per heavy atom. The van der Waals surface area contributed by atoms with Crippen molar-refractivity contribution in [3.8, 4) is 11.1 Å². The highest BCUT2D eigenvalue weighted by molar-refractivity contribution is 9.10. The van der Waals surface area contributed by atoms with Crippen LogP contribution in [0.1, 0.15) is 15.9 Å². The summed E-state index contributed by atoms with van der Waals surface area (Å²) in [5, 5.41) is 2.60. The molecule has 0 spiro atoms. The number of carbonyl (C=O) groups is 1. The van der Waals surface area contributed by atoms with Crippen molar-refractivity contribution in [1.82, 2.24) is 4.57 Å². The van der Waals surface area contributed by atoms with Gasteiger partial charge in [-0.1, -0.05) is 46.3 Å². The third-order valence-electron chi connectivity index (χ3n) is 3.84. The molecule has 0 bridgehead atoms. The number of aromatic nitrogens is 1. The van der Waals surface area contributed by atoms with E-state index in [1.807, 2.05) is 24.3 Å². The van der Waals surface area contributed by atoms with E-state index in [1.165, 1.54) is 17.8 Å². The van der Waals surface area contributed by atoms with E-state index in [2.05, 4.69) is 21.2 Å². The molecule has 3 rings (SSSR count). The molecular formula is C19H14BrF3N2O. The van der Waals surface area contributed by atoms with Crippen molar-refractivity contribution < 1.29 is 18.0 Å². The standard InChI is InChI=1S/C19H14BrF3N2O/c1-25-10-15(16(11-25)19(21,22)23)18(26)24-17-5-3-2-4-14(17)12-6-8-13(20)9-7-12/h2-11H,1H3,(H,24,26). The van der Waals surface area contributed by atoms with Gasteiger partial charge in [-0.05, 0) is 23.8 Å². The number of amides is 1. The molecule has 0 radical (unpaired) electrons. The molecule has 0 fully saturated rings. The zero-order valence-corrected chi connectivity index (χ0v) is 15.2. The lowest BCUT2D eigenvalue weighted by atomic mass is 10.0. The Morgan fingerprint density at radius 2 is 1.69 bits per heavy atom. The number of nitrogens with one attached hydrogen (secondary N) is 1. The molecule has 1 heterocycles. The smallest absolute Gasteiger partial charge is 0.356 e. The Bertz CT molecular complexity index is 946. The number of carbonyl (C=O) groups excluding carboxylic acids is 1. The predicted octanol–water partition coefficient (Wildman–Crippen LogP) is 5.73. The summed E-state index contributed by atoms with van der Waals surface area (Å²) >= 11 is 3.36. The molecule has 0 aliphatic carbocycles. The van der Waals surface area contributed by atoms with Gasteiger partial charge in [-0.2, -0.15) is 13.2 Å². The molecule has 0 unspecified atom stereocenters. The Hall–Kier alpha value is -2.54. The van der Waals surface area contributed by atoms with Gasteiger partial charge in [0.15, 0.2) is 0 Å². The molecule has 0 saturated heterocycles. The summed E-state index contributed by atoms with van der Waals surface area (Å²) in [5.74, 6) is -0.803. The SMILES string of the molecule is Cn1cc(C(=O)Nc2ccccc2-c2ccc(Br)cc2)c(C(F)(F)F)c1. The maximum atomic E-state index is 13.1. The van der Waals surface area contributed by atoms with Gasteiger partial charge in [-0.15, -0.1) is 0 Å². The van der Waals surface area contributed by atoms with Crippen LogP contribution in [0.25, 0.3) is 11.1 Å². The Labute approximate surface area is 156 Å². The van der Waals surface area contributed by atoms with Crippen molar-refractivity contribution in [1.29, 1.82) is 0 Å². The molecular weight excluding hydrogens is 409 g/mol. The third-order valence-corrected chi connectivity index (χ3v) is 4.36. The molecule has 2 aromatic carbocycles. The number of anilines is 1. The molecule has 134 valence electrons. The second kappa shape index (κ2) is 6.99. The highest BCUT2D eigenvalue weighted by Crippen LogP contribution is 2.34. The topological polar surface area (TPSA) is 34.0 Å².